The molecule has 0 saturated carbocycles. The Morgan fingerprint density at radius 2 is 1.79 bits per heavy atom. The molecule has 4 rings (SSSR count). The van der Waals surface area contributed by atoms with Crippen molar-refractivity contribution in [2.24, 2.45) is 0 Å². The third kappa shape index (κ3) is 4.02. The number of hydrogen-bond donors (Lipinski definition) is 0. The summed E-state index contributed by atoms with van der Waals surface area (Å²) in [5, 5.41) is 6.27. The number of nitrogens with zero attached hydrogens (tertiary/aromatic N) is 4. The van der Waals surface area contributed by atoms with E-state index in [0.717, 1.165) is 24.3 Å². The molecule has 1 aliphatic heterocycles. The molecule has 28 heavy (non-hydrogen) atoms. The van der Waals surface area contributed by atoms with E-state index in [1.165, 1.54) is 41.3 Å². The van der Waals surface area contributed by atoms with Crippen LogP contribution in [0.15, 0.2) is 58.7 Å². The quantitative estimate of drug-likeness (QED) is 0.677. The van der Waals surface area contributed by atoms with Crippen molar-refractivity contribution in [3.8, 4) is 5.69 Å². The van der Waals surface area contributed by atoms with E-state index < -0.39 is 5.82 Å². The summed E-state index contributed by atoms with van der Waals surface area (Å²) in [5.41, 5.74) is 0.251. The lowest BCUT2D eigenvalue weighted by molar-refractivity contribution is 0.0622. The van der Waals surface area contributed by atoms with Gasteiger partial charge in [-0.15, -0.1) is 11.3 Å². The van der Waals surface area contributed by atoms with Crippen LogP contribution < -0.4 is 5.56 Å². The summed E-state index contributed by atoms with van der Waals surface area (Å²) in [6, 6.07) is 12.4. The minimum Gasteiger partial charge on any atom is -0.335 e. The topological polar surface area (TPSA) is 58.4 Å². The van der Waals surface area contributed by atoms with Crippen molar-refractivity contribution >= 4 is 17.2 Å². The second-order valence-corrected chi connectivity index (χ2v) is 7.62. The first-order valence-corrected chi connectivity index (χ1v) is 9.88. The van der Waals surface area contributed by atoms with Crippen molar-refractivity contribution < 1.29 is 9.18 Å². The van der Waals surface area contributed by atoms with Crippen molar-refractivity contribution in [2.45, 2.75) is 6.54 Å². The second kappa shape index (κ2) is 8.04. The first-order valence-electron chi connectivity index (χ1n) is 9.00. The normalized spacial score (nSPS) is 15.0. The number of halogens is 1. The summed E-state index contributed by atoms with van der Waals surface area (Å²) in [5.74, 6) is -0.601. The first-order chi connectivity index (χ1) is 13.6. The average molecular weight is 398 g/mol. The zero-order valence-electron chi connectivity index (χ0n) is 15.1. The van der Waals surface area contributed by atoms with Gasteiger partial charge in [-0.25, -0.2) is 4.39 Å². The summed E-state index contributed by atoms with van der Waals surface area (Å²) >= 11 is 1.73. The second-order valence-electron chi connectivity index (χ2n) is 6.59. The maximum absolute atomic E-state index is 13.1. The Labute approximate surface area is 165 Å². The van der Waals surface area contributed by atoms with Gasteiger partial charge in [-0.3, -0.25) is 14.5 Å². The van der Waals surface area contributed by atoms with E-state index in [1.807, 2.05) is 6.07 Å². The standard InChI is InChI=1S/C20H19FN4O2S/c21-15-3-5-16(6-4-15)25-19(26)8-7-18(22-25)20(27)24-11-9-23(10-12-24)14-17-2-1-13-28-17/h1-8,13H,9-12,14H2. The molecule has 1 saturated heterocycles. The van der Waals surface area contributed by atoms with Crippen LogP contribution in [0.5, 0.6) is 0 Å². The fraction of sp³-hybridized carbons (Fsp3) is 0.250. The molecule has 1 fully saturated rings. The van der Waals surface area contributed by atoms with E-state index >= 15 is 0 Å². The highest BCUT2D eigenvalue weighted by Crippen LogP contribution is 2.14. The molecule has 0 aliphatic carbocycles. The molecule has 6 nitrogen and oxygen atoms in total. The Morgan fingerprint density at radius 1 is 1.04 bits per heavy atom. The summed E-state index contributed by atoms with van der Waals surface area (Å²) in [6.45, 7) is 3.71. The number of hydrogen-bond acceptors (Lipinski definition) is 5. The zero-order valence-corrected chi connectivity index (χ0v) is 15.9. The predicted molar refractivity (Wildman–Crippen MR) is 105 cm³/mol. The van der Waals surface area contributed by atoms with Crippen LogP contribution in [0.3, 0.4) is 0 Å². The van der Waals surface area contributed by atoms with Crippen molar-refractivity contribution in [1.29, 1.82) is 0 Å². The van der Waals surface area contributed by atoms with Gasteiger partial charge in [-0.2, -0.15) is 9.78 Å². The SMILES string of the molecule is O=C(c1ccc(=O)n(-c2ccc(F)cc2)n1)N1CCN(Cc2cccs2)CC1. The maximum atomic E-state index is 13.1. The molecule has 3 heterocycles. The number of carbonyl (C=O) groups is 1. The average Bonchev–Trinajstić information content (AvgIpc) is 3.22. The molecule has 0 bridgehead atoms. The molecule has 8 heteroatoms. The van der Waals surface area contributed by atoms with Gasteiger partial charge < -0.3 is 4.90 Å². The number of thiophene rings is 1. The zero-order chi connectivity index (χ0) is 19.5. The minimum atomic E-state index is -0.399. The van der Waals surface area contributed by atoms with Gasteiger partial charge in [0.05, 0.1) is 5.69 Å². The van der Waals surface area contributed by atoms with E-state index in [1.54, 1.807) is 16.2 Å². The van der Waals surface area contributed by atoms with Gasteiger partial charge in [0.1, 0.15) is 11.5 Å². The van der Waals surface area contributed by atoms with Crippen LogP contribution in [0.1, 0.15) is 15.4 Å². The van der Waals surface area contributed by atoms with Crippen LogP contribution in [0.25, 0.3) is 5.69 Å². The van der Waals surface area contributed by atoms with Crippen molar-refractivity contribution in [3.63, 3.8) is 0 Å². The molecular formula is C20H19FN4O2S. The Morgan fingerprint density at radius 3 is 2.46 bits per heavy atom. The molecule has 1 aliphatic rings. The van der Waals surface area contributed by atoms with Gasteiger partial charge in [0, 0.05) is 43.7 Å². The van der Waals surface area contributed by atoms with E-state index in [2.05, 4.69) is 21.4 Å². The Kier molecular flexibility index (Phi) is 5.31. The van der Waals surface area contributed by atoms with Crippen LogP contribution in [-0.4, -0.2) is 51.7 Å². The van der Waals surface area contributed by atoms with Gasteiger partial charge in [0.2, 0.25) is 0 Å². The lowest BCUT2D eigenvalue weighted by atomic mass is 10.2. The van der Waals surface area contributed by atoms with E-state index in [4.69, 9.17) is 0 Å². The highest BCUT2D eigenvalue weighted by molar-refractivity contribution is 7.09. The molecule has 2 aromatic heterocycles. The monoisotopic (exact) mass is 398 g/mol. The summed E-state index contributed by atoms with van der Waals surface area (Å²) in [4.78, 5) is 30.4. The van der Waals surface area contributed by atoms with E-state index in [9.17, 15) is 14.0 Å². The number of carbonyl (C=O) groups excluding carboxylic acids is 1. The molecule has 1 aromatic carbocycles. The molecule has 0 spiro atoms. The fourth-order valence-electron chi connectivity index (χ4n) is 3.19. The number of rotatable bonds is 4. The van der Waals surface area contributed by atoms with Crippen LogP contribution in [0, 0.1) is 5.82 Å². The van der Waals surface area contributed by atoms with Gasteiger partial charge in [0.15, 0.2) is 0 Å². The summed E-state index contributed by atoms with van der Waals surface area (Å²) < 4.78 is 14.3. The number of benzene rings is 1. The highest BCUT2D eigenvalue weighted by Gasteiger charge is 2.23. The number of amides is 1. The fourth-order valence-corrected chi connectivity index (χ4v) is 3.93. The smallest absolute Gasteiger partial charge is 0.274 e. The van der Waals surface area contributed by atoms with Gasteiger partial charge in [-0.1, -0.05) is 6.07 Å². The Hall–Kier alpha value is -2.84. The lowest BCUT2D eigenvalue weighted by Gasteiger charge is -2.34. The Balaban J connectivity index is 1.46. The molecule has 0 N–H and O–H groups in total. The third-order valence-corrected chi connectivity index (χ3v) is 5.57. The molecule has 1 amide bonds. The molecule has 0 unspecified atom stereocenters. The highest BCUT2D eigenvalue weighted by atomic mass is 32.1. The molecule has 0 atom stereocenters. The molecule has 144 valence electrons. The van der Waals surface area contributed by atoms with Crippen LogP contribution in [-0.2, 0) is 6.54 Å². The lowest BCUT2D eigenvalue weighted by Crippen LogP contribution is -2.48. The Bertz CT molecular complexity index is 1010. The van der Waals surface area contributed by atoms with Crippen LogP contribution in [0.4, 0.5) is 4.39 Å². The largest absolute Gasteiger partial charge is 0.335 e. The molecule has 0 radical (unpaired) electrons. The number of aromatic nitrogens is 2. The molecule has 3 aromatic rings. The van der Waals surface area contributed by atoms with Crippen molar-refractivity contribution in [2.75, 3.05) is 26.2 Å². The van der Waals surface area contributed by atoms with Gasteiger partial charge in [-0.05, 0) is 41.8 Å². The van der Waals surface area contributed by atoms with Crippen LogP contribution in [0.2, 0.25) is 0 Å². The van der Waals surface area contributed by atoms with E-state index in [-0.39, 0.29) is 17.2 Å². The summed E-state index contributed by atoms with van der Waals surface area (Å²) in [7, 11) is 0. The van der Waals surface area contributed by atoms with Gasteiger partial charge >= 0.3 is 0 Å². The first kappa shape index (κ1) is 18.5. The molecular weight excluding hydrogens is 379 g/mol. The van der Waals surface area contributed by atoms with Crippen molar-refractivity contribution in [3.05, 3.63) is 80.7 Å². The minimum absolute atomic E-state index is 0.202. The van der Waals surface area contributed by atoms with Crippen LogP contribution >= 0.6 is 11.3 Å². The summed E-state index contributed by atoms with van der Waals surface area (Å²) in [6.07, 6.45) is 0. The van der Waals surface area contributed by atoms with Crippen molar-refractivity contribution in [1.82, 2.24) is 19.6 Å². The van der Waals surface area contributed by atoms with Gasteiger partial charge in [0.25, 0.3) is 11.5 Å². The predicted octanol–water partition coefficient (Wildman–Crippen LogP) is 2.39. The van der Waals surface area contributed by atoms with E-state index in [0.29, 0.717) is 18.8 Å². The number of piperazine rings is 1. The maximum Gasteiger partial charge on any atom is 0.274 e. The third-order valence-electron chi connectivity index (χ3n) is 4.71.